The number of benzene rings is 1. The number of nitrogens with zero attached hydrogens (tertiary/aromatic N) is 2. The first kappa shape index (κ1) is 12.5. The molecule has 0 N–H and O–H groups in total. The van der Waals surface area contributed by atoms with E-state index in [1.807, 2.05) is 24.3 Å². The van der Waals surface area contributed by atoms with Crippen molar-refractivity contribution in [3.63, 3.8) is 0 Å². The van der Waals surface area contributed by atoms with Gasteiger partial charge < -0.3 is 4.90 Å². The monoisotopic (exact) mass is 266 g/mol. The molecule has 0 aliphatic carbocycles. The molecule has 20 heavy (non-hydrogen) atoms. The van der Waals surface area contributed by atoms with E-state index in [0.717, 1.165) is 11.3 Å². The average Bonchev–Trinajstić information content (AvgIpc) is 2.76. The van der Waals surface area contributed by atoms with Crippen LogP contribution in [0.2, 0.25) is 0 Å². The molecule has 1 aromatic heterocycles. The zero-order chi connectivity index (χ0) is 14.1. The number of pyridine rings is 1. The maximum Gasteiger partial charge on any atom is 0.254 e. The summed E-state index contributed by atoms with van der Waals surface area (Å²) in [6.07, 6.45) is 1.72. The number of ketones is 1. The maximum absolute atomic E-state index is 12.3. The van der Waals surface area contributed by atoms with Crippen molar-refractivity contribution < 1.29 is 9.59 Å². The van der Waals surface area contributed by atoms with E-state index in [1.165, 1.54) is 6.92 Å². The second-order valence-corrected chi connectivity index (χ2v) is 4.91. The number of rotatable bonds is 3. The van der Waals surface area contributed by atoms with Crippen LogP contribution >= 0.6 is 0 Å². The Balaban J connectivity index is 1.85. The third kappa shape index (κ3) is 2.20. The van der Waals surface area contributed by atoms with Crippen molar-refractivity contribution in [3.8, 4) is 0 Å². The van der Waals surface area contributed by atoms with Gasteiger partial charge in [0.05, 0.1) is 12.2 Å². The minimum Gasteiger partial charge on any atom is -0.328 e. The van der Waals surface area contributed by atoms with Gasteiger partial charge in [0, 0.05) is 23.9 Å². The molecular formula is C16H14N2O2. The van der Waals surface area contributed by atoms with Crippen LogP contribution in [0.15, 0.2) is 42.6 Å². The molecule has 1 amide bonds. The first-order chi connectivity index (χ1) is 9.65. The highest BCUT2D eigenvalue weighted by Gasteiger charge is 2.27. The Kier molecular flexibility index (Phi) is 3.06. The number of fused-ring (bicyclic) bond motifs is 1. The lowest BCUT2D eigenvalue weighted by Crippen LogP contribution is -2.23. The fourth-order valence-electron chi connectivity index (χ4n) is 2.41. The number of carbonyl (C=O) groups is 2. The smallest absolute Gasteiger partial charge is 0.254 e. The van der Waals surface area contributed by atoms with Crippen molar-refractivity contribution >= 4 is 11.7 Å². The number of carbonyl (C=O) groups excluding carboxylic acids is 2. The van der Waals surface area contributed by atoms with Crippen molar-refractivity contribution in [1.29, 1.82) is 0 Å². The molecule has 4 nitrogen and oxygen atoms in total. The van der Waals surface area contributed by atoms with Crippen LogP contribution < -0.4 is 0 Å². The molecule has 100 valence electrons. The number of Topliss-reactive ketones (excluding diaryl/α,β-unsaturated/α-hetero) is 1. The summed E-state index contributed by atoms with van der Waals surface area (Å²) in [4.78, 5) is 29.7. The highest BCUT2D eigenvalue weighted by molar-refractivity contribution is 6.01. The molecule has 0 atom stereocenters. The Labute approximate surface area is 117 Å². The molecule has 0 radical (unpaired) electrons. The van der Waals surface area contributed by atoms with Gasteiger partial charge in [-0.2, -0.15) is 0 Å². The normalized spacial score (nSPS) is 13.4. The van der Waals surface area contributed by atoms with Crippen LogP contribution in [-0.2, 0) is 13.1 Å². The molecule has 1 aliphatic heterocycles. The van der Waals surface area contributed by atoms with Gasteiger partial charge in [-0.1, -0.05) is 12.1 Å². The Morgan fingerprint density at radius 1 is 1.30 bits per heavy atom. The quantitative estimate of drug-likeness (QED) is 0.802. The van der Waals surface area contributed by atoms with Gasteiger partial charge in [0.15, 0.2) is 5.78 Å². The summed E-state index contributed by atoms with van der Waals surface area (Å²) in [6.45, 7) is 2.56. The van der Waals surface area contributed by atoms with E-state index in [2.05, 4.69) is 4.98 Å². The van der Waals surface area contributed by atoms with Gasteiger partial charge in [-0.3, -0.25) is 14.6 Å². The summed E-state index contributed by atoms with van der Waals surface area (Å²) in [7, 11) is 0. The van der Waals surface area contributed by atoms with Crippen LogP contribution in [0.1, 0.15) is 38.9 Å². The molecule has 2 aromatic rings. The van der Waals surface area contributed by atoms with Crippen molar-refractivity contribution in [2.75, 3.05) is 0 Å². The standard InChI is InChI=1S/C16H14N2O2/c1-11(19)12-5-6-15-13(8-12)9-18(16(15)20)10-14-4-2-3-7-17-14/h2-8H,9-10H2,1H3. The van der Waals surface area contributed by atoms with E-state index in [-0.39, 0.29) is 11.7 Å². The predicted molar refractivity (Wildman–Crippen MR) is 74.3 cm³/mol. The van der Waals surface area contributed by atoms with Crippen LogP contribution in [0.25, 0.3) is 0 Å². The van der Waals surface area contributed by atoms with Gasteiger partial charge >= 0.3 is 0 Å². The van der Waals surface area contributed by atoms with E-state index in [1.54, 1.807) is 23.2 Å². The van der Waals surface area contributed by atoms with Gasteiger partial charge in [-0.25, -0.2) is 0 Å². The lowest BCUT2D eigenvalue weighted by atomic mass is 10.0. The Bertz CT molecular complexity index is 680. The fourth-order valence-corrected chi connectivity index (χ4v) is 2.41. The summed E-state index contributed by atoms with van der Waals surface area (Å²) in [5.41, 5.74) is 3.11. The SMILES string of the molecule is CC(=O)c1ccc2c(c1)CN(Cc1ccccn1)C2=O. The molecule has 0 spiro atoms. The molecule has 2 heterocycles. The van der Waals surface area contributed by atoms with E-state index in [9.17, 15) is 9.59 Å². The number of aromatic nitrogens is 1. The van der Waals surface area contributed by atoms with E-state index >= 15 is 0 Å². The lowest BCUT2D eigenvalue weighted by Gasteiger charge is -2.14. The van der Waals surface area contributed by atoms with Crippen molar-refractivity contribution in [2.24, 2.45) is 0 Å². The second-order valence-electron chi connectivity index (χ2n) is 4.91. The minimum atomic E-state index is 0.000699. The first-order valence-corrected chi connectivity index (χ1v) is 6.48. The molecule has 4 heteroatoms. The Morgan fingerprint density at radius 2 is 2.15 bits per heavy atom. The van der Waals surface area contributed by atoms with Crippen LogP contribution in [0.3, 0.4) is 0 Å². The molecule has 3 rings (SSSR count). The predicted octanol–water partition coefficient (Wildman–Crippen LogP) is 2.44. The molecule has 0 saturated carbocycles. The summed E-state index contributed by atoms with van der Waals surface area (Å²) in [5, 5.41) is 0. The first-order valence-electron chi connectivity index (χ1n) is 6.48. The molecule has 0 bridgehead atoms. The van der Waals surface area contributed by atoms with Crippen molar-refractivity contribution in [3.05, 3.63) is 65.0 Å². The Morgan fingerprint density at radius 3 is 2.85 bits per heavy atom. The van der Waals surface area contributed by atoms with Gasteiger partial charge in [0.2, 0.25) is 0 Å². The third-order valence-electron chi connectivity index (χ3n) is 3.47. The summed E-state index contributed by atoms with van der Waals surface area (Å²) in [6, 6.07) is 10.9. The third-order valence-corrected chi connectivity index (χ3v) is 3.47. The lowest BCUT2D eigenvalue weighted by molar-refractivity contribution is 0.0764. The average molecular weight is 266 g/mol. The van der Waals surface area contributed by atoms with Crippen LogP contribution in [-0.4, -0.2) is 21.6 Å². The fraction of sp³-hybridized carbons (Fsp3) is 0.188. The van der Waals surface area contributed by atoms with E-state index in [0.29, 0.717) is 24.2 Å². The van der Waals surface area contributed by atoms with Crippen molar-refractivity contribution in [1.82, 2.24) is 9.88 Å². The largest absolute Gasteiger partial charge is 0.328 e. The molecule has 0 fully saturated rings. The Hall–Kier alpha value is -2.49. The van der Waals surface area contributed by atoms with Gasteiger partial charge in [-0.05, 0) is 36.8 Å². The van der Waals surface area contributed by atoms with Crippen LogP contribution in [0.4, 0.5) is 0 Å². The molecule has 1 aliphatic rings. The second kappa shape index (κ2) is 4.89. The maximum atomic E-state index is 12.3. The van der Waals surface area contributed by atoms with E-state index < -0.39 is 0 Å². The zero-order valence-electron chi connectivity index (χ0n) is 11.2. The highest BCUT2D eigenvalue weighted by Crippen LogP contribution is 2.25. The van der Waals surface area contributed by atoms with Gasteiger partial charge in [0.1, 0.15) is 0 Å². The molecular weight excluding hydrogens is 252 g/mol. The molecule has 0 saturated heterocycles. The van der Waals surface area contributed by atoms with Crippen LogP contribution in [0, 0.1) is 0 Å². The van der Waals surface area contributed by atoms with Gasteiger partial charge in [-0.15, -0.1) is 0 Å². The van der Waals surface area contributed by atoms with Crippen LogP contribution in [0.5, 0.6) is 0 Å². The summed E-state index contributed by atoms with van der Waals surface area (Å²) in [5.74, 6) is 0.0178. The topological polar surface area (TPSA) is 50.3 Å². The van der Waals surface area contributed by atoms with Crippen molar-refractivity contribution in [2.45, 2.75) is 20.0 Å². The summed E-state index contributed by atoms with van der Waals surface area (Å²) < 4.78 is 0. The molecule has 1 aromatic carbocycles. The number of hydrogen-bond acceptors (Lipinski definition) is 3. The van der Waals surface area contributed by atoms with Gasteiger partial charge in [0.25, 0.3) is 5.91 Å². The number of amides is 1. The number of hydrogen-bond donors (Lipinski definition) is 0. The zero-order valence-corrected chi connectivity index (χ0v) is 11.2. The van der Waals surface area contributed by atoms with E-state index in [4.69, 9.17) is 0 Å². The highest BCUT2D eigenvalue weighted by atomic mass is 16.2. The minimum absolute atomic E-state index is 0.000699. The molecule has 0 unspecified atom stereocenters. The summed E-state index contributed by atoms with van der Waals surface area (Å²) >= 11 is 0.